The molecule has 0 bridgehead atoms. The van der Waals surface area contributed by atoms with E-state index in [1.807, 2.05) is 34.6 Å². The molecule has 0 rings (SSSR count). The Morgan fingerprint density at radius 3 is 2.20 bits per heavy atom. The Labute approximate surface area is 92.0 Å². The number of aliphatic hydroxyl groups excluding tert-OH is 1. The number of carbonyl (C=O) groups is 1. The molecule has 0 radical (unpaired) electrons. The smallest absolute Gasteiger partial charge is 0.320 e. The molecule has 4 nitrogen and oxygen atoms in total. The summed E-state index contributed by atoms with van der Waals surface area (Å²) in [5.74, 6) is -0.267. The average molecular weight is 217 g/mol. The van der Waals surface area contributed by atoms with Gasteiger partial charge >= 0.3 is 5.97 Å². The third-order valence-electron chi connectivity index (χ3n) is 1.72. The first-order valence-corrected chi connectivity index (χ1v) is 5.20. The minimum Gasteiger partial charge on any atom is -0.459 e. The van der Waals surface area contributed by atoms with Crippen LogP contribution in [-0.4, -0.2) is 36.4 Å². The minimum atomic E-state index is -0.439. The van der Waals surface area contributed by atoms with Crippen molar-refractivity contribution in [3.8, 4) is 0 Å². The number of hydrogen-bond acceptors (Lipinski definition) is 4. The molecule has 0 saturated heterocycles. The van der Waals surface area contributed by atoms with E-state index >= 15 is 0 Å². The highest BCUT2D eigenvalue weighted by Crippen LogP contribution is 2.11. The van der Waals surface area contributed by atoms with Crippen molar-refractivity contribution in [1.29, 1.82) is 0 Å². The predicted molar refractivity (Wildman–Crippen MR) is 59.6 cm³/mol. The Balaban J connectivity index is 3.74. The van der Waals surface area contributed by atoms with Gasteiger partial charge in [0.05, 0.1) is 6.54 Å². The molecule has 0 aliphatic rings. The third-order valence-corrected chi connectivity index (χ3v) is 1.72. The van der Waals surface area contributed by atoms with Gasteiger partial charge in [-0.05, 0) is 20.8 Å². The molecule has 0 aromatic carbocycles. The topological polar surface area (TPSA) is 58.6 Å². The van der Waals surface area contributed by atoms with E-state index in [9.17, 15) is 4.79 Å². The largest absolute Gasteiger partial charge is 0.459 e. The molecular weight excluding hydrogens is 194 g/mol. The Hall–Kier alpha value is -0.610. The lowest BCUT2D eigenvalue weighted by Crippen LogP contribution is -2.37. The molecule has 0 atom stereocenters. The van der Waals surface area contributed by atoms with Gasteiger partial charge in [-0.2, -0.15) is 0 Å². The normalized spacial score (nSPS) is 12.7. The van der Waals surface area contributed by atoms with Crippen LogP contribution in [0.15, 0.2) is 0 Å². The summed E-state index contributed by atoms with van der Waals surface area (Å²) in [7, 11) is 0. The number of carbonyl (C=O) groups excluding carboxylic acids is 1. The summed E-state index contributed by atoms with van der Waals surface area (Å²) in [5, 5.41) is 12.0. The fourth-order valence-corrected chi connectivity index (χ4v) is 0.936. The van der Waals surface area contributed by atoms with Crippen molar-refractivity contribution in [3.63, 3.8) is 0 Å². The van der Waals surface area contributed by atoms with E-state index in [2.05, 4.69) is 5.32 Å². The summed E-state index contributed by atoms with van der Waals surface area (Å²) in [6.45, 7) is 10.2. The molecule has 0 heterocycles. The lowest BCUT2D eigenvalue weighted by atomic mass is 9.95. The van der Waals surface area contributed by atoms with E-state index in [1.54, 1.807) is 0 Å². The number of aliphatic hydroxyl groups is 1. The first-order chi connectivity index (χ1) is 6.66. The maximum Gasteiger partial charge on any atom is 0.320 e. The maximum atomic E-state index is 11.3. The molecule has 0 saturated carbocycles. The SMILES string of the molecule is CC(C)(CO)CNCC(=O)OC(C)(C)C. The van der Waals surface area contributed by atoms with Gasteiger partial charge in [0.1, 0.15) is 5.60 Å². The van der Waals surface area contributed by atoms with Crippen LogP contribution in [0.4, 0.5) is 0 Å². The van der Waals surface area contributed by atoms with Crippen molar-refractivity contribution in [2.45, 2.75) is 40.2 Å². The van der Waals surface area contributed by atoms with Crippen LogP contribution in [0.25, 0.3) is 0 Å². The highest BCUT2D eigenvalue weighted by Gasteiger charge is 2.18. The van der Waals surface area contributed by atoms with Gasteiger partial charge in [0.15, 0.2) is 0 Å². The van der Waals surface area contributed by atoms with Crippen molar-refractivity contribution < 1.29 is 14.6 Å². The zero-order valence-corrected chi connectivity index (χ0v) is 10.4. The summed E-state index contributed by atoms with van der Waals surface area (Å²) in [6.07, 6.45) is 0. The lowest BCUT2D eigenvalue weighted by molar-refractivity contribution is -0.153. The van der Waals surface area contributed by atoms with E-state index < -0.39 is 5.60 Å². The monoisotopic (exact) mass is 217 g/mol. The second-order valence-electron chi connectivity index (χ2n) is 5.51. The van der Waals surface area contributed by atoms with E-state index in [1.165, 1.54) is 0 Å². The van der Waals surface area contributed by atoms with E-state index in [0.717, 1.165) is 0 Å². The van der Waals surface area contributed by atoms with Crippen molar-refractivity contribution in [2.24, 2.45) is 5.41 Å². The molecule has 4 heteroatoms. The summed E-state index contributed by atoms with van der Waals surface area (Å²) in [6, 6.07) is 0. The molecule has 15 heavy (non-hydrogen) atoms. The van der Waals surface area contributed by atoms with Crippen molar-refractivity contribution >= 4 is 5.97 Å². The van der Waals surface area contributed by atoms with Gasteiger partial charge in [-0.15, -0.1) is 0 Å². The van der Waals surface area contributed by atoms with E-state index in [-0.39, 0.29) is 24.5 Å². The van der Waals surface area contributed by atoms with Crippen LogP contribution in [0.3, 0.4) is 0 Å². The van der Waals surface area contributed by atoms with Crippen LogP contribution in [0, 0.1) is 5.41 Å². The summed E-state index contributed by atoms with van der Waals surface area (Å²) >= 11 is 0. The summed E-state index contributed by atoms with van der Waals surface area (Å²) < 4.78 is 5.12. The van der Waals surface area contributed by atoms with Gasteiger partial charge in [-0.1, -0.05) is 13.8 Å². The second-order valence-corrected chi connectivity index (χ2v) is 5.51. The third kappa shape index (κ3) is 8.39. The van der Waals surface area contributed by atoms with Crippen LogP contribution in [-0.2, 0) is 9.53 Å². The van der Waals surface area contributed by atoms with Crippen LogP contribution in [0.2, 0.25) is 0 Å². The van der Waals surface area contributed by atoms with Crippen LogP contribution >= 0.6 is 0 Å². The molecule has 0 amide bonds. The van der Waals surface area contributed by atoms with Crippen molar-refractivity contribution in [1.82, 2.24) is 5.32 Å². The Morgan fingerprint density at radius 1 is 1.27 bits per heavy atom. The van der Waals surface area contributed by atoms with Gasteiger partial charge in [-0.25, -0.2) is 0 Å². The van der Waals surface area contributed by atoms with Crippen molar-refractivity contribution in [2.75, 3.05) is 19.7 Å². The Kier molecular flexibility index (Phi) is 5.24. The second kappa shape index (κ2) is 5.47. The minimum absolute atomic E-state index is 0.0916. The average Bonchev–Trinajstić information content (AvgIpc) is 2.00. The van der Waals surface area contributed by atoms with Gasteiger partial charge in [0, 0.05) is 18.6 Å². The summed E-state index contributed by atoms with van der Waals surface area (Å²) in [4.78, 5) is 11.3. The molecule has 0 spiro atoms. The molecule has 90 valence electrons. The molecule has 2 N–H and O–H groups in total. The zero-order chi connectivity index (χ0) is 12.1. The lowest BCUT2D eigenvalue weighted by Gasteiger charge is -2.23. The zero-order valence-electron chi connectivity index (χ0n) is 10.4. The number of hydrogen-bond donors (Lipinski definition) is 2. The van der Waals surface area contributed by atoms with Gasteiger partial charge in [0.2, 0.25) is 0 Å². The predicted octanol–water partition coefficient (Wildman–Crippen LogP) is 0.936. The number of nitrogens with one attached hydrogen (secondary N) is 1. The molecule has 0 aromatic heterocycles. The number of ether oxygens (including phenoxy) is 1. The van der Waals surface area contributed by atoms with Gasteiger partial charge < -0.3 is 15.2 Å². The molecule has 0 unspecified atom stereocenters. The quantitative estimate of drug-likeness (QED) is 0.673. The first kappa shape index (κ1) is 14.4. The molecular formula is C11H23NO3. The van der Waals surface area contributed by atoms with Gasteiger partial charge in [0.25, 0.3) is 0 Å². The molecule has 0 aliphatic heterocycles. The number of rotatable bonds is 5. The fraction of sp³-hybridized carbons (Fsp3) is 0.909. The Morgan fingerprint density at radius 2 is 1.80 bits per heavy atom. The van der Waals surface area contributed by atoms with Crippen LogP contribution in [0.1, 0.15) is 34.6 Å². The summed E-state index contributed by atoms with van der Waals surface area (Å²) in [5.41, 5.74) is -0.646. The van der Waals surface area contributed by atoms with Crippen LogP contribution < -0.4 is 5.32 Å². The first-order valence-electron chi connectivity index (χ1n) is 5.20. The molecule has 0 aromatic rings. The van der Waals surface area contributed by atoms with E-state index in [0.29, 0.717) is 6.54 Å². The van der Waals surface area contributed by atoms with E-state index in [4.69, 9.17) is 9.84 Å². The maximum absolute atomic E-state index is 11.3. The number of esters is 1. The van der Waals surface area contributed by atoms with Crippen molar-refractivity contribution in [3.05, 3.63) is 0 Å². The van der Waals surface area contributed by atoms with Gasteiger partial charge in [-0.3, -0.25) is 4.79 Å². The molecule has 0 aliphatic carbocycles. The fourth-order valence-electron chi connectivity index (χ4n) is 0.936. The Bertz CT molecular complexity index is 206. The highest BCUT2D eigenvalue weighted by atomic mass is 16.6. The standard InChI is InChI=1S/C11H23NO3/c1-10(2,3)15-9(14)6-12-7-11(4,5)8-13/h12-13H,6-8H2,1-5H3. The molecule has 0 fully saturated rings. The van der Waals surface area contributed by atoms with Crippen LogP contribution in [0.5, 0.6) is 0 Å². The highest BCUT2D eigenvalue weighted by molar-refractivity contribution is 5.72.